The molecule has 1 N–H and O–H groups in total. The smallest absolute Gasteiger partial charge is 0.186 e. The molecule has 0 spiro atoms. The Labute approximate surface area is 118 Å². The van der Waals surface area contributed by atoms with Gasteiger partial charge in [0.2, 0.25) is 0 Å². The van der Waals surface area contributed by atoms with Crippen LogP contribution in [0.2, 0.25) is 0 Å². The molecule has 0 radical (unpaired) electrons. The number of aryl methyl sites for hydroxylation is 1. The van der Waals surface area contributed by atoms with Crippen molar-refractivity contribution in [2.24, 2.45) is 0 Å². The van der Waals surface area contributed by atoms with E-state index < -0.39 is 0 Å². The summed E-state index contributed by atoms with van der Waals surface area (Å²) < 4.78 is 19.8. The van der Waals surface area contributed by atoms with Crippen molar-refractivity contribution in [3.8, 4) is 0 Å². The maximum atomic E-state index is 13.9. The number of nitrogens with one attached hydrogen (secondary N) is 1. The zero-order valence-corrected chi connectivity index (χ0v) is 12.0. The molecule has 0 bridgehead atoms. The third-order valence-electron chi connectivity index (χ3n) is 4.06. The van der Waals surface area contributed by atoms with Gasteiger partial charge in [-0.2, -0.15) is 0 Å². The molecule has 0 amide bonds. The molecule has 1 aromatic heterocycles. The molecule has 0 aliphatic carbocycles. The van der Waals surface area contributed by atoms with Crippen LogP contribution in [0.15, 0.2) is 0 Å². The molecule has 110 valence electrons. The van der Waals surface area contributed by atoms with Gasteiger partial charge in [-0.15, -0.1) is 0 Å². The van der Waals surface area contributed by atoms with Crippen molar-refractivity contribution in [3.05, 3.63) is 17.3 Å². The van der Waals surface area contributed by atoms with Crippen LogP contribution in [0.3, 0.4) is 0 Å². The van der Waals surface area contributed by atoms with Crippen molar-refractivity contribution in [1.82, 2.24) is 14.9 Å². The molecule has 1 aromatic rings. The highest BCUT2D eigenvalue weighted by molar-refractivity contribution is 5.38. The third-order valence-corrected chi connectivity index (χ3v) is 4.06. The number of fused-ring (bicyclic) bond motifs is 1. The molecule has 20 heavy (non-hydrogen) atoms. The lowest BCUT2D eigenvalue weighted by atomic mass is 10.2. The lowest BCUT2D eigenvalue weighted by molar-refractivity contribution is -0.0541. The average Bonchev–Trinajstić information content (AvgIpc) is 2.91. The summed E-state index contributed by atoms with van der Waals surface area (Å²) in [5.74, 6) is 0.498. The van der Waals surface area contributed by atoms with Crippen molar-refractivity contribution in [2.45, 2.75) is 38.8 Å². The Bertz CT molecular complexity index is 496. The summed E-state index contributed by atoms with van der Waals surface area (Å²) >= 11 is 0. The van der Waals surface area contributed by atoms with Crippen LogP contribution in [0.1, 0.15) is 37.4 Å². The van der Waals surface area contributed by atoms with E-state index in [-0.39, 0.29) is 17.7 Å². The minimum absolute atomic E-state index is 0.152. The number of rotatable bonds is 3. The van der Waals surface area contributed by atoms with Crippen molar-refractivity contribution in [1.29, 1.82) is 0 Å². The molecule has 2 saturated heterocycles. The third kappa shape index (κ3) is 2.50. The van der Waals surface area contributed by atoms with Gasteiger partial charge in [-0.3, -0.25) is 4.90 Å². The summed E-state index contributed by atoms with van der Waals surface area (Å²) in [7, 11) is 0. The lowest BCUT2D eigenvalue weighted by Gasteiger charge is -2.34. The van der Waals surface area contributed by atoms with E-state index in [1.165, 1.54) is 12.8 Å². The minimum atomic E-state index is -0.370. The van der Waals surface area contributed by atoms with Crippen LogP contribution < -0.4 is 5.32 Å². The van der Waals surface area contributed by atoms with Gasteiger partial charge in [-0.25, -0.2) is 14.4 Å². The second-order valence-corrected chi connectivity index (χ2v) is 5.47. The normalized spacial score (nSPS) is 26.6. The molecule has 0 aromatic carbocycles. The predicted octanol–water partition coefficient (Wildman–Crippen LogP) is 1.89. The SMILES string of the molecule is CCNc1nc(C2CN3CCCC3CO2)nc(C)c1F. The number of hydrogen-bond donors (Lipinski definition) is 1. The van der Waals surface area contributed by atoms with Gasteiger partial charge < -0.3 is 10.1 Å². The van der Waals surface area contributed by atoms with Crippen molar-refractivity contribution in [2.75, 3.05) is 31.6 Å². The van der Waals surface area contributed by atoms with Gasteiger partial charge in [-0.05, 0) is 33.2 Å². The maximum Gasteiger partial charge on any atom is 0.186 e. The van der Waals surface area contributed by atoms with E-state index in [9.17, 15) is 4.39 Å². The molecule has 2 atom stereocenters. The molecule has 2 aliphatic heterocycles. The summed E-state index contributed by atoms with van der Waals surface area (Å²) in [5.41, 5.74) is 0.373. The van der Waals surface area contributed by atoms with Crippen LogP contribution in [0, 0.1) is 12.7 Å². The summed E-state index contributed by atoms with van der Waals surface area (Å²) in [6, 6.07) is 0.543. The number of hydrogen-bond acceptors (Lipinski definition) is 5. The predicted molar refractivity (Wildman–Crippen MR) is 74.2 cm³/mol. The Kier molecular flexibility index (Phi) is 3.85. The van der Waals surface area contributed by atoms with E-state index in [0.717, 1.165) is 19.7 Å². The standard InChI is InChI=1S/C14H21FN4O/c1-3-16-14-12(15)9(2)17-13(18-14)11-7-19-6-4-5-10(19)8-20-11/h10-11H,3-8H2,1-2H3,(H,16,17,18). The first kappa shape index (κ1) is 13.7. The summed E-state index contributed by atoms with van der Waals surface area (Å²) in [6.07, 6.45) is 2.28. The molecule has 2 aliphatic rings. The van der Waals surface area contributed by atoms with Crippen molar-refractivity contribution in [3.63, 3.8) is 0 Å². The van der Waals surface area contributed by atoms with E-state index in [2.05, 4.69) is 20.2 Å². The van der Waals surface area contributed by atoms with Gasteiger partial charge in [0, 0.05) is 19.1 Å². The second-order valence-electron chi connectivity index (χ2n) is 5.47. The minimum Gasteiger partial charge on any atom is -0.368 e. The fourth-order valence-corrected chi connectivity index (χ4v) is 2.98. The molecule has 3 heterocycles. The largest absolute Gasteiger partial charge is 0.368 e. The first-order valence-corrected chi connectivity index (χ1v) is 7.32. The van der Waals surface area contributed by atoms with E-state index in [4.69, 9.17) is 4.74 Å². The van der Waals surface area contributed by atoms with E-state index in [1.54, 1.807) is 6.92 Å². The monoisotopic (exact) mass is 280 g/mol. The summed E-state index contributed by atoms with van der Waals surface area (Å²) in [5, 5.41) is 2.95. The Morgan fingerprint density at radius 2 is 2.30 bits per heavy atom. The molecule has 2 fully saturated rings. The maximum absolute atomic E-state index is 13.9. The Hall–Kier alpha value is -1.27. The number of halogens is 1. The highest BCUT2D eigenvalue weighted by atomic mass is 19.1. The molecule has 5 nitrogen and oxygen atoms in total. The summed E-state index contributed by atoms with van der Waals surface area (Å²) in [4.78, 5) is 11.0. The molecular weight excluding hydrogens is 259 g/mol. The van der Waals surface area contributed by atoms with Crippen LogP contribution in [-0.4, -0.2) is 47.2 Å². The Balaban J connectivity index is 1.82. The van der Waals surface area contributed by atoms with Crippen molar-refractivity contribution < 1.29 is 9.13 Å². The first-order valence-electron chi connectivity index (χ1n) is 7.32. The van der Waals surface area contributed by atoms with Gasteiger partial charge in [0.05, 0.1) is 12.3 Å². The molecule has 6 heteroatoms. The first-order chi connectivity index (χ1) is 9.69. The second kappa shape index (κ2) is 5.61. The fourth-order valence-electron chi connectivity index (χ4n) is 2.98. The van der Waals surface area contributed by atoms with E-state index in [0.29, 0.717) is 24.1 Å². The van der Waals surface area contributed by atoms with Gasteiger partial charge in [-0.1, -0.05) is 0 Å². The molecule has 0 saturated carbocycles. The zero-order chi connectivity index (χ0) is 14.1. The summed E-state index contributed by atoms with van der Waals surface area (Å²) in [6.45, 7) is 6.87. The fraction of sp³-hybridized carbons (Fsp3) is 0.714. The van der Waals surface area contributed by atoms with Crippen LogP contribution in [-0.2, 0) is 4.74 Å². The lowest BCUT2D eigenvalue weighted by Crippen LogP contribution is -2.43. The Morgan fingerprint density at radius 1 is 1.45 bits per heavy atom. The van der Waals surface area contributed by atoms with E-state index >= 15 is 0 Å². The number of anilines is 1. The molecule has 2 unspecified atom stereocenters. The highest BCUT2D eigenvalue weighted by Gasteiger charge is 2.34. The molecular formula is C14H21FN4O. The van der Waals surface area contributed by atoms with Crippen LogP contribution in [0.5, 0.6) is 0 Å². The van der Waals surface area contributed by atoms with E-state index in [1.807, 2.05) is 6.92 Å². The average molecular weight is 280 g/mol. The number of ether oxygens (including phenoxy) is 1. The highest BCUT2D eigenvalue weighted by Crippen LogP contribution is 2.29. The van der Waals surface area contributed by atoms with Gasteiger partial charge in [0.25, 0.3) is 0 Å². The quantitative estimate of drug-likeness (QED) is 0.916. The number of nitrogens with zero attached hydrogens (tertiary/aromatic N) is 3. The topological polar surface area (TPSA) is 50.3 Å². The number of morpholine rings is 1. The number of aromatic nitrogens is 2. The zero-order valence-electron chi connectivity index (χ0n) is 12.0. The van der Waals surface area contributed by atoms with Gasteiger partial charge in [0.15, 0.2) is 17.5 Å². The van der Waals surface area contributed by atoms with Crippen molar-refractivity contribution >= 4 is 5.82 Å². The van der Waals surface area contributed by atoms with Gasteiger partial charge in [0.1, 0.15) is 6.10 Å². The Morgan fingerprint density at radius 3 is 3.10 bits per heavy atom. The van der Waals surface area contributed by atoms with Crippen LogP contribution >= 0.6 is 0 Å². The van der Waals surface area contributed by atoms with Crippen LogP contribution in [0.4, 0.5) is 10.2 Å². The van der Waals surface area contributed by atoms with Gasteiger partial charge >= 0.3 is 0 Å². The molecule has 3 rings (SSSR count). The van der Waals surface area contributed by atoms with Crippen LogP contribution in [0.25, 0.3) is 0 Å².